The van der Waals surface area contributed by atoms with Crippen molar-refractivity contribution in [2.75, 3.05) is 17.2 Å². The lowest BCUT2D eigenvalue weighted by atomic mass is 10.0. The number of hydrogen-bond donors (Lipinski definition) is 1. The first-order valence-electron chi connectivity index (χ1n) is 12.1. The molecule has 0 unspecified atom stereocenters. The molecule has 0 spiro atoms. The summed E-state index contributed by atoms with van der Waals surface area (Å²) in [7, 11) is 0. The molecular formula is C29H26N4O2S. The van der Waals surface area contributed by atoms with Gasteiger partial charge in [-0.15, -0.1) is 0 Å². The number of aromatic amines is 1. The molecule has 0 saturated carbocycles. The summed E-state index contributed by atoms with van der Waals surface area (Å²) in [6, 6.07) is 21.9. The second-order valence-corrected chi connectivity index (χ2v) is 10.2. The van der Waals surface area contributed by atoms with Crippen molar-refractivity contribution in [2.24, 2.45) is 0 Å². The number of hydrogen-bond acceptors (Lipinski definition) is 4. The predicted molar refractivity (Wildman–Crippen MR) is 147 cm³/mol. The van der Waals surface area contributed by atoms with Crippen molar-refractivity contribution >= 4 is 45.3 Å². The third kappa shape index (κ3) is 3.80. The van der Waals surface area contributed by atoms with Gasteiger partial charge < -0.3 is 9.88 Å². The number of rotatable bonds is 4. The lowest BCUT2D eigenvalue weighted by molar-refractivity contribution is -0.116. The van der Waals surface area contributed by atoms with E-state index in [1.54, 1.807) is 4.57 Å². The monoisotopic (exact) mass is 494 g/mol. The van der Waals surface area contributed by atoms with Crippen LogP contribution in [0.2, 0.25) is 0 Å². The third-order valence-electron chi connectivity index (χ3n) is 6.84. The van der Waals surface area contributed by atoms with Crippen LogP contribution in [0.1, 0.15) is 23.1 Å². The molecule has 0 aliphatic carbocycles. The van der Waals surface area contributed by atoms with Gasteiger partial charge in [-0.25, -0.2) is 4.98 Å². The van der Waals surface area contributed by atoms with Crippen LogP contribution in [-0.4, -0.2) is 32.7 Å². The van der Waals surface area contributed by atoms with E-state index in [-0.39, 0.29) is 17.2 Å². The van der Waals surface area contributed by atoms with E-state index >= 15 is 0 Å². The van der Waals surface area contributed by atoms with Gasteiger partial charge in [0.15, 0.2) is 5.16 Å². The van der Waals surface area contributed by atoms with Gasteiger partial charge >= 0.3 is 0 Å². The fourth-order valence-corrected chi connectivity index (χ4v) is 5.88. The molecule has 6 nitrogen and oxygen atoms in total. The summed E-state index contributed by atoms with van der Waals surface area (Å²) >= 11 is 1.32. The number of nitrogens with one attached hydrogen (secondary N) is 1. The molecule has 36 heavy (non-hydrogen) atoms. The number of para-hydroxylation sites is 2. The molecule has 0 radical (unpaired) electrons. The van der Waals surface area contributed by atoms with Crippen molar-refractivity contribution in [2.45, 2.75) is 31.8 Å². The minimum absolute atomic E-state index is 0.0212. The van der Waals surface area contributed by atoms with Crippen LogP contribution >= 0.6 is 11.8 Å². The fourth-order valence-electron chi connectivity index (χ4n) is 5.01. The Morgan fingerprint density at radius 3 is 2.72 bits per heavy atom. The zero-order chi connectivity index (χ0) is 24.8. The van der Waals surface area contributed by atoms with Crippen LogP contribution in [0.3, 0.4) is 0 Å². The minimum atomic E-state index is -0.164. The zero-order valence-corrected chi connectivity index (χ0v) is 21.1. The van der Waals surface area contributed by atoms with Gasteiger partial charge in [0.05, 0.1) is 11.4 Å². The fraction of sp³-hybridized carbons (Fsp3) is 0.207. The average molecular weight is 495 g/mol. The van der Waals surface area contributed by atoms with E-state index < -0.39 is 0 Å². The highest BCUT2D eigenvalue weighted by atomic mass is 32.2. The molecule has 0 atom stereocenters. The first kappa shape index (κ1) is 22.6. The normalized spacial score (nSPS) is 13.3. The topological polar surface area (TPSA) is 71.0 Å². The highest BCUT2D eigenvalue weighted by Crippen LogP contribution is 2.30. The summed E-state index contributed by atoms with van der Waals surface area (Å²) in [4.78, 5) is 37.4. The molecule has 6 rings (SSSR count). The number of thioether (sulfide) groups is 1. The lowest BCUT2D eigenvalue weighted by Crippen LogP contribution is -2.36. The van der Waals surface area contributed by atoms with Crippen LogP contribution in [0.4, 0.5) is 5.69 Å². The van der Waals surface area contributed by atoms with Gasteiger partial charge in [0, 0.05) is 23.1 Å². The van der Waals surface area contributed by atoms with Gasteiger partial charge in [-0.05, 0) is 61.6 Å². The quantitative estimate of drug-likeness (QED) is 0.262. The largest absolute Gasteiger partial charge is 0.349 e. The van der Waals surface area contributed by atoms with Crippen LogP contribution in [-0.2, 0) is 11.2 Å². The second-order valence-electron chi connectivity index (χ2n) is 9.29. The molecule has 3 aromatic carbocycles. The van der Waals surface area contributed by atoms with E-state index in [0.29, 0.717) is 22.7 Å². The molecule has 3 heterocycles. The number of aromatic nitrogens is 3. The Bertz CT molecular complexity index is 1700. The summed E-state index contributed by atoms with van der Waals surface area (Å²) in [5.41, 5.74) is 6.80. The first-order chi connectivity index (χ1) is 17.5. The highest BCUT2D eigenvalue weighted by Gasteiger charge is 2.24. The Morgan fingerprint density at radius 2 is 1.83 bits per heavy atom. The molecule has 180 valence electrons. The van der Waals surface area contributed by atoms with E-state index in [9.17, 15) is 9.59 Å². The summed E-state index contributed by atoms with van der Waals surface area (Å²) in [5.74, 6) is 0.215. The number of fused-ring (bicyclic) bond motifs is 4. The molecule has 0 bridgehead atoms. The number of amides is 1. The molecule has 1 amide bonds. The number of benzene rings is 3. The highest BCUT2D eigenvalue weighted by molar-refractivity contribution is 7.99. The van der Waals surface area contributed by atoms with Crippen molar-refractivity contribution in [1.29, 1.82) is 0 Å². The summed E-state index contributed by atoms with van der Waals surface area (Å²) in [5, 5.41) is 1.42. The van der Waals surface area contributed by atoms with E-state index in [4.69, 9.17) is 4.98 Å². The maximum absolute atomic E-state index is 13.9. The number of aryl methyl sites for hydroxylation is 3. The molecule has 0 fully saturated rings. The maximum atomic E-state index is 13.9. The predicted octanol–water partition coefficient (Wildman–Crippen LogP) is 5.56. The average Bonchev–Trinajstić information content (AvgIpc) is 3.28. The number of carbonyl (C=O) groups is 1. The Kier molecular flexibility index (Phi) is 5.64. The standard InChI is InChI=1S/C29H26N4O2S/c1-18-13-14-19(2)24(16-18)33-28(35)27-26(21-10-4-5-11-22(21)30-27)31-29(33)36-17-25(34)32-15-7-9-20-8-3-6-12-23(20)32/h3-6,8,10-14,16,30H,7,9,15,17H2,1-2H3. The van der Waals surface area contributed by atoms with Crippen LogP contribution < -0.4 is 10.5 Å². The number of H-pyrrole nitrogens is 1. The van der Waals surface area contributed by atoms with Crippen LogP contribution in [0.25, 0.3) is 27.6 Å². The third-order valence-corrected chi connectivity index (χ3v) is 7.76. The number of anilines is 1. The summed E-state index contributed by atoms with van der Waals surface area (Å²) in [6.45, 7) is 4.70. The SMILES string of the molecule is Cc1ccc(C)c(-n2c(SCC(=O)N3CCCc4ccccc43)nc3c([nH]c4ccccc43)c2=O)c1. The van der Waals surface area contributed by atoms with Crippen LogP contribution in [0, 0.1) is 13.8 Å². The molecule has 2 aromatic heterocycles. The minimum Gasteiger partial charge on any atom is -0.349 e. The smallest absolute Gasteiger partial charge is 0.283 e. The van der Waals surface area contributed by atoms with Crippen molar-refractivity contribution in [3.05, 3.63) is 93.8 Å². The molecule has 7 heteroatoms. The van der Waals surface area contributed by atoms with Crippen molar-refractivity contribution in [1.82, 2.24) is 14.5 Å². The van der Waals surface area contributed by atoms with Gasteiger partial charge in [-0.1, -0.05) is 60.3 Å². The number of carbonyl (C=O) groups excluding carboxylic acids is 1. The first-order valence-corrected chi connectivity index (χ1v) is 13.1. The van der Waals surface area contributed by atoms with E-state index in [2.05, 4.69) is 11.1 Å². The zero-order valence-electron chi connectivity index (χ0n) is 20.2. The Labute approximate surface area is 213 Å². The Hall–Kier alpha value is -3.84. The van der Waals surface area contributed by atoms with E-state index in [1.807, 2.05) is 79.4 Å². The van der Waals surface area contributed by atoms with Gasteiger partial charge in [0.1, 0.15) is 11.0 Å². The lowest BCUT2D eigenvalue weighted by Gasteiger charge is -2.29. The molecular weight excluding hydrogens is 468 g/mol. The maximum Gasteiger partial charge on any atom is 0.283 e. The Balaban J connectivity index is 1.45. The van der Waals surface area contributed by atoms with Gasteiger partial charge in [-0.2, -0.15) is 0 Å². The van der Waals surface area contributed by atoms with Crippen LogP contribution in [0.5, 0.6) is 0 Å². The second kappa shape index (κ2) is 8.99. The van der Waals surface area contributed by atoms with Gasteiger partial charge in [-0.3, -0.25) is 14.2 Å². The summed E-state index contributed by atoms with van der Waals surface area (Å²) < 4.78 is 1.65. The Morgan fingerprint density at radius 1 is 1.03 bits per heavy atom. The molecule has 1 aliphatic rings. The number of nitrogens with zero attached hydrogens (tertiary/aromatic N) is 3. The molecule has 1 N–H and O–H groups in total. The molecule has 5 aromatic rings. The summed E-state index contributed by atoms with van der Waals surface area (Å²) in [6.07, 6.45) is 1.93. The van der Waals surface area contributed by atoms with Crippen LogP contribution in [0.15, 0.2) is 76.7 Å². The van der Waals surface area contributed by atoms with Crippen molar-refractivity contribution < 1.29 is 4.79 Å². The van der Waals surface area contributed by atoms with Gasteiger partial charge in [0.25, 0.3) is 5.56 Å². The van der Waals surface area contributed by atoms with Gasteiger partial charge in [0.2, 0.25) is 5.91 Å². The molecule has 0 saturated heterocycles. The van der Waals surface area contributed by atoms with Crippen molar-refractivity contribution in [3.63, 3.8) is 0 Å². The van der Waals surface area contributed by atoms with E-state index in [0.717, 1.165) is 46.2 Å². The van der Waals surface area contributed by atoms with Crippen molar-refractivity contribution in [3.8, 4) is 5.69 Å². The van der Waals surface area contributed by atoms with E-state index in [1.165, 1.54) is 17.3 Å². The molecule has 1 aliphatic heterocycles.